The number of aryl methyl sites for hydroxylation is 1. The molecule has 0 aliphatic carbocycles. The number of rotatable bonds is 7. The van der Waals surface area contributed by atoms with Crippen LogP contribution in [0.4, 0.5) is 20.5 Å². The summed E-state index contributed by atoms with van der Waals surface area (Å²) < 4.78 is 25.9. The summed E-state index contributed by atoms with van der Waals surface area (Å²) in [5, 5.41) is 8.72. The molecule has 3 N–H and O–H groups in total. The van der Waals surface area contributed by atoms with Gasteiger partial charge in [0.25, 0.3) is 5.91 Å². The van der Waals surface area contributed by atoms with Crippen LogP contribution in [-0.4, -0.2) is 35.5 Å². The Balaban J connectivity index is 1.84. The van der Waals surface area contributed by atoms with Gasteiger partial charge in [-0.25, -0.2) is 13.8 Å². The van der Waals surface area contributed by atoms with Gasteiger partial charge in [-0.3, -0.25) is 4.79 Å². The molecule has 8 heteroatoms. The third-order valence-corrected chi connectivity index (χ3v) is 3.09. The standard InChI is InChI=1S/C16H19F2N5O/c1-3-19-16-22-10(2)8-14(23-16)20-6-7-21-15(24)11-4-5-12(17)13(18)9-11/h4-5,8-9H,3,6-7H2,1-2H3,(H,21,24)(H2,19,20,22,23). The molecule has 1 amide bonds. The van der Waals surface area contributed by atoms with Gasteiger partial charge in [-0.05, 0) is 32.0 Å². The topological polar surface area (TPSA) is 78.9 Å². The molecule has 2 rings (SSSR count). The van der Waals surface area contributed by atoms with Gasteiger partial charge in [0.1, 0.15) is 5.82 Å². The molecule has 24 heavy (non-hydrogen) atoms. The number of anilines is 2. The highest BCUT2D eigenvalue weighted by molar-refractivity contribution is 5.94. The molecule has 1 aromatic carbocycles. The van der Waals surface area contributed by atoms with E-state index in [2.05, 4.69) is 25.9 Å². The Bertz CT molecular complexity index is 724. The fourth-order valence-electron chi connectivity index (χ4n) is 2.00. The van der Waals surface area contributed by atoms with E-state index in [9.17, 15) is 13.6 Å². The fraction of sp³-hybridized carbons (Fsp3) is 0.312. The first-order valence-electron chi connectivity index (χ1n) is 7.56. The van der Waals surface area contributed by atoms with E-state index in [1.807, 2.05) is 13.8 Å². The number of amides is 1. The zero-order valence-electron chi connectivity index (χ0n) is 13.5. The molecular formula is C16H19F2N5O. The van der Waals surface area contributed by atoms with Crippen LogP contribution in [0.5, 0.6) is 0 Å². The van der Waals surface area contributed by atoms with Crippen molar-refractivity contribution in [2.75, 3.05) is 30.3 Å². The van der Waals surface area contributed by atoms with Gasteiger partial charge in [0.2, 0.25) is 5.95 Å². The molecular weight excluding hydrogens is 316 g/mol. The lowest BCUT2D eigenvalue weighted by Crippen LogP contribution is -2.29. The minimum absolute atomic E-state index is 0.0706. The van der Waals surface area contributed by atoms with Gasteiger partial charge >= 0.3 is 0 Å². The largest absolute Gasteiger partial charge is 0.368 e. The average Bonchev–Trinajstić information content (AvgIpc) is 2.54. The third kappa shape index (κ3) is 4.87. The summed E-state index contributed by atoms with van der Waals surface area (Å²) in [6.45, 7) is 5.26. The Morgan fingerprint density at radius 3 is 2.58 bits per heavy atom. The zero-order valence-corrected chi connectivity index (χ0v) is 13.5. The molecule has 1 heterocycles. The smallest absolute Gasteiger partial charge is 0.251 e. The lowest BCUT2D eigenvalue weighted by molar-refractivity contribution is 0.0954. The van der Waals surface area contributed by atoms with Crippen LogP contribution in [0.3, 0.4) is 0 Å². The quantitative estimate of drug-likeness (QED) is 0.677. The predicted molar refractivity (Wildman–Crippen MR) is 88.1 cm³/mol. The number of nitrogens with one attached hydrogen (secondary N) is 3. The Labute approximate surface area is 138 Å². The zero-order chi connectivity index (χ0) is 17.5. The van der Waals surface area contributed by atoms with Crippen LogP contribution in [0.2, 0.25) is 0 Å². The maximum Gasteiger partial charge on any atom is 0.251 e. The number of carbonyl (C=O) groups is 1. The van der Waals surface area contributed by atoms with E-state index in [0.29, 0.717) is 31.4 Å². The van der Waals surface area contributed by atoms with Crippen molar-refractivity contribution in [3.05, 3.63) is 47.2 Å². The summed E-state index contributed by atoms with van der Waals surface area (Å²) >= 11 is 0. The van der Waals surface area contributed by atoms with Gasteiger partial charge in [0.15, 0.2) is 11.6 Å². The van der Waals surface area contributed by atoms with Crippen LogP contribution < -0.4 is 16.0 Å². The van der Waals surface area contributed by atoms with Gasteiger partial charge in [0.05, 0.1) is 0 Å². The Morgan fingerprint density at radius 1 is 1.08 bits per heavy atom. The summed E-state index contributed by atoms with van der Waals surface area (Å²) in [5.41, 5.74) is 0.885. The Morgan fingerprint density at radius 2 is 1.88 bits per heavy atom. The van der Waals surface area contributed by atoms with Crippen LogP contribution in [-0.2, 0) is 0 Å². The number of benzene rings is 1. The Hall–Kier alpha value is -2.77. The first kappa shape index (κ1) is 17.6. The molecule has 0 saturated carbocycles. The molecule has 0 saturated heterocycles. The van der Waals surface area contributed by atoms with Crippen LogP contribution in [0, 0.1) is 18.6 Å². The maximum atomic E-state index is 13.1. The second-order valence-corrected chi connectivity index (χ2v) is 5.06. The number of carbonyl (C=O) groups excluding carboxylic acids is 1. The lowest BCUT2D eigenvalue weighted by atomic mass is 10.2. The van der Waals surface area contributed by atoms with Crippen molar-refractivity contribution in [2.45, 2.75) is 13.8 Å². The predicted octanol–water partition coefficient (Wildman–Crippen LogP) is 2.34. The highest BCUT2D eigenvalue weighted by atomic mass is 19.2. The van der Waals surface area contributed by atoms with E-state index in [1.54, 1.807) is 6.07 Å². The molecule has 0 radical (unpaired) electrons. The number of hydrogen-bond acceptors (Lipinski definition) is 5. The van der Waals surface area contributed by atoms with E-state index in [0.717, 1.165) is 17.8 Å². The molecule has 0 aliphatic rings. The number of halogens is 2. The minimum atomic E-state index is -1.05. The van der Waals surface area contributed by atoms with E-state index in [4.69, 9.17) is 0 Å². The van der Waals surface area contributed by atoms with Crippen molar-refractivity contribution < 1.29 is 13.6 Å². The van der Waals surface area contributed by atoms with Crippen LogP contribution >= 0.6 is 0 Å². The van der Waals surface area contributed by atoms with Crippen molar-refractivity contribution in [3.8, 4) is 0 Å². The second-order valence-electron chi connectivity index (χ2n) is 5.06. The Kier molecular flexibility index (Phi) is 6.00. The number of aromatic nitrogens is 2. The summed E-state index contributed by atoms with van der Waals surface area (Å²) in [5.74, 6) is -1.33. The summed E-state index contributed by atoms with van der Waals surface area (Å²) in [6, 6.07) is 4.82. The fourth-order valence-corrected chi connectivity index (χ4v) is 2.00. The van der Waals surface area contributed by atoms with E-state index < -0.39 is 17.5 Å². The van der Waals surface area contributed by atoms with Crippen LogP contribution in [0.15, 0.2) is 24.3 Å². The summed E-state index contributed by atoms with van der Waals surface area (Å²) in [7, 11) is 0. The molecule has 6 nitrogen and oxygen atoms in total. The first-order valence-corrected chi connectivity index (χ1v) is 7.56. The van der Waals surface area contributed by atoms with Crippen molar-refractivity contribution in [3.63, 3.8) is 0 Å². The number of nitrogens with zero attached hydrogens (tertiary/aromatic N) is 2. The van der Waals surface area contributed by atoms with E-state index in [-0.39, 0.29) is 5.56 Å². The SMILES string of the molecule is CCNc1nc(C)cc(NCCNC(=O)c2ccc(F)c(F)c2)n1. The number of hydrogen-bond donors (Lipinski definition) is 3. The highest BCUT2D eigenvalue weighted by Gasteiger charge is 2.09. The van der Waals surface area contributed by atoms with E-state index in [1.165, 1.54) is 6.07 Å². The first-order chi connectivity index (χ1) is 11.5. The molecule has 0 fully saturated rings. The highest BCUT2D eigenvalue weighted by Crippen LogP contribution is 2.10. The van der Waals surface area contributed by atoms with Gasteiger partial charge in [-0.15, -0.1) is 0 Å². The van der Waals surface area contributed by atoms with Crippen molar-refractivity contribution >= 4 is 17.7 Å². The van der Waals surface area contributed by atoms with Gasteiger partial charge < -0.3 is 16.0 Å². The lowest BCUT2D eigenvalue weighted by Gasteiger charge is -2.10. The average molecular weight is 335 g/mol. The van der Waals surface area contributed by atoms with Crippen molar-refractivity contribution in [1.29, 1.82) is 0 Å². The van der Waals surface area contributed by atoms with Crippen molar-refractivity contribution in [2.24, 2.45) is 0 Å². The third-order valence-electron chi connectivity index (χ3n) is 3.09. The molecule has 2 aromatic rings. The molecule has 0 atom stereocenters. The molecule has 0 aliphatic heterocycles. The molecule has 1 aromatic heterocycles. The monoisotopic (exact) mass is 335 g/mol. The molecule has 0 spiro atoms. The van der Waals surface area contributed by atoms with Crippen LogP contribution in [0.1, 0.15) is 23.0 Å². The van der Waals surface area contributed by atoms with Gasteiger partial charge in [0, 0.05) is 37.0 Å². The molecule has 128 valence electrons. The van der Waals surface area contributed by atoms with Gasteiger partial charge in [-0.1, -0.05) is 0 Å². The van der Waals surface area contributed by atoms with E-state index >= 15 is 0 Å². The second kappa shape index (κ2) is 8.19. The summed E-state index contributed by atoms with van der Waals surface area (Å²) in [6.07, 6.45) is 0. The normalized spacial score (nSPS) is 10.3. The minimum Gasteiger partial charge on any atom is -0.368 e. The van der Waals surface area contributed by atoms with Crippen LogP contribution in [0.25, 0.3) is 0 Å². The molecule has 0 bridgehead atoms. The molecule has 0 unspecified atom stereocenters. The summed E-state index contributed by atoms with van der Waals surface area (Å²) in [4.78, 5) is 20.4. The van der Waals surface area contributed by atoms with Crippen molar-refractivity contribution in [1.82, 2.24) is 15.3 Å². The van der Waals surface area contributed by atoms with Gasteiger partial charge in [-0.2, -0.15) is 4.98 Å². The maximum absolute atomic E-state index is 13.1.